The summed E-state index contributed by atoms with van der Waals surface area (Å²) in [6.07, 6.45) is 0. The fourth-order valence-corrected chi connectivity index (χ4v) is 3.46. The van der Waals surface area contributed by atoms with E-state index in [1.54, 1.807) is 0 Å². The van der Waals surface area contributed by atoms with Crippen LogP contribution in [-0.2, 0) is 5.44 Å². The van der Waals surface area contributed by atoms with Gasteiger partial charge in [0.25, 0.3) is 0 Å². The average Bonchev–Trinajstić information content (AvgIpc) is 2.82. The van der Waals surface area contributed by atoms with Crippen molar-refractivity contribution < 1.29 is 0 Å². The normalized spacial score (nSPS) is 10.9. The van der Waals surface area contributed by atoms with Gasteiger partial charge in [0.1, 0.15) is 0 Å². The van der Waals surface area contributed by atoms with Gasteiger partial charge in [-0.2, -0.15) is 0 Å². The van der Waals surface area contributed by atoms with E-state index in [2.05, 4.69) is 22.4 Å². The van der Waals surface area contributed by atoms with Gasteiger partial charge in [0.15, 0.2) is 0 Å². The second-order valence-electron chi connectivity index (χ2n) is 3.81. The number of aromatic nitrogens is 3. The molecule has 0 saturated heterocycles. The third-order valence-electron chi connectivity index (χ3n) is 2.59. The molecule has 90 valence electrons. The molecule has 0 aliphatic carbocycles. The van der Waals surface area contributed by atoms with Gasteiger partial charge in [0, 0.05) is 0 Å². The van der Waals surface area contributed by atoms with Crippen LogP contribution >= 0.6 is 11.6 Å². The molecule has 0 atom stereocenters. The number of hydrogen-bond acceptors (Lipinski definition) is 2. The summed E-state index contributed by atoms with van der Waals surface area (Å²) in [7, 11) is 0. The molecule has 3 rings (SSSR count). The molecule has 0 fully saturated rings. The second-order valence-corrected chi connectivity index (χ2v) is 6.38. The predicted octanol–water partition coefficient (Wildman–Crippen LogP) is 2.07. The SMILES string of the molecule is Clc1ccc([Se]Cn2nnc3ccccc32)cc1. The third kappa shape index (κ3) is 2.41. The summed E-state index contributed by atoms with van der Waals surface area (Å²) in [5.74, 6) is 0. The first-order valence-electron chi connectivity index (χ1n) is 5.49. The molecule has 18 heavy (non-hydrogen) atoms. The number of hydrogen-bond donors (Lipinski definition) is 0. The van der Waals surface area contributed by atoms with Gasteiger partial charge in [-0.3, -0.25) is 0 Å². The molecule has 0 unspecified atom stereocenters. The standard InChI is InChI=1S/C13H10ClN3Se/c14-10-5-7-11(8-6-10)18-9-17-13-4-2-1-3-12(13)15-16-17/h1-8H,9H2. The number of para-hydroxylation sites is 1. The van der Waals surface area contributed by atoms with Crippen molar-refractivity contribution in [3.05, 3.63) is 53.6 Å². The van der Waals surface area contributed by atoms with E-state index in [9.17, 15) is 0 Å². The van der Waals surface area contributed by atoms with Crippen LogP contribution in [0.2, 0.25) is 5.02 Å². The van der Waals surface area contributed by atoms with Gasteiger partial charge >= 0.3 is 116 Å². The van der Waals surface area contributed by atoms with Crippen LogP contribution in [0.5, 0.6) is 0 Å². The van der Waals surface area contributed by atoms with E-state index in [0.717, 1.165) is 21.5 Å². The van der Waals surface area contributed by atoms with Gasteiger partial charge in [-0.25, -0.2) is 0 Å². The summed E-state index contributed by atoms with van der Waals surface area (Å²) in [5, 5.41) is 9.11. The Balaban J connectivity index is 1.79. The molecule has 0 bridgehead atoms. The molecule has 0 radical (unpaired) electrons. The van der Waals surface area contributed by atoms with Crippen molar-refractivity contribution in [3.63, 3.8) is 0 Å². The first-order valence-corrected chi connectivity index (χ1v) is 7.94. The van der Waals surface area contributed by atoms with Crippen molar-refractivity contribution in [3.8, 4) is 0 Å². The summed E-state index contributed by atoms with van der Waals surface area (Å²) in [4.78, 5) is 0. The van der Waals surface area contributed by atoms with Crippen molar-refractivity contribution in [2.45, 2.75) is 5.44 Å². The monoisotopic (exact) mass is 323 g/mol. The Morgan fingerprint density at radius 2 is 1.83 bits per heavy atom. The molecule has 0 N–H and O–H groups in total. The van der Waals surface area contributed by atoms with E-state index in [0.29, 0.717) is 15.0 Å². The van der Waals surface area contributed by atoms with Gasteiger partial charge in [0.05, 0.1) is 0 Å². The van der Waals surface area contributed by atoms with Crippen molar-refractivity contribution in [1.82, 2.24) is 15.0 Å². The first-order chi connectivity index (χ1) is 8.83. The first kappa shape index (κ1) is 11.7. The van der Waals surface area contributed by atoms with E-state index >= 15 is 0 Å². The maximum absolute atomic E-state index is 5.87. The molecule has 0 aliphatic heterocycles. The van der Waals surface area contributed by atoms with Crippen molar-refractivity contribution >= 4 is 42.1 Å². The topological polar surface area (TPSA) is 30.7 Å². The van der Waals surface area contributed by atoms with Gasteiger partial charge < -0.3 is 0 Å². The number of halogens is 1. The molecule has 2 aromatic carbocycles. The van der Waals surface area contributed by atoms with Crippen LogP contribution in [0.4, 0.5) is 0 Å². The van der Waals surface area contributed by atoms with Crippen molar-refractivity contribution in [1.29, 1.82) is 0 Å². The van der Waals surface area contributed by atoms with Crippen LogP contribution in [0.1, 0.15) is 0 Å². The molecule has 0 spiro atoms. The number of benzene rings is 2. The summed E-state index contributed by atoms with van der Waals surface area (Å²) >= 11 is 6.20. The van der Waals surface area contributed by atoms with Crippen LogP contribution < -0.4 is 4.46 Å². The molecule has 0 aliphatic rings. The Morgan fingerprint density at radius 1 is 1.06 bits per heavy atom. The molecule has 3 aromatic rings. The number of fused-ring (bicyclic) bond motifs is 1. The van der Waals surface area contributed by atoms with Crippen molar-refractivity contribution in [2.75, 3.05) is 0 Å². The van der Waals surface area contributed by atoms with E-state index < -0.39 is 0 Å². The molecular weight excluding hydrogens is 313 g/mol. The third-order valence-corrected chi connectivity index (χ3v) is 4.89. The minimum absolute atomic E-state index is 0.334. The Morgan fingerprint density at radius 3 is 2.67 bits per heavy atom. The minimum atomic E-state index is 0.334. The zero-order valence-electron chi connectivity index (χ0n) is 9.45. The van der Waals surface area contributed by atoms with Crippen LogP contribution in [-0.4, -0.2) is 30.0 Å². The summed E-state index contributed by atoms with van der Waals surface area (Å²) < 4.78 is 3.27. The zero-order chi connectivity index (χ0) is 12.4. The van der Waals surface area contributed by atoms with E-state index in [-0.39, 0.29) is 0 Å². The molecule has 1 heterocycles. The fourth-order valence-electron chi connectivity index (χ4n) is 1.68. The Labute approximate surface area is 116 Å². The van der Waals surface area contributed by atoms with E-state index in [1.165, 1.54) is 4.46 Å². The molecule has 1 aromatic heterocycles. The predicted molar refractivity (Wildman–Crippen MR) is 74.4 cm³/mol. The van der Waals surface area contributed by atoms with Gasteiger partial charge in [-0.05, 0) is 0 Å². The Bertz CT molecular complexity index is 663. The second kappa shape index (κ2) is 5.10. The Kier molecular flexibility index (Phi) is 3.32. The van der Waals surface area contributed by atoms with Gasteiger partial charge in [-0.15, -0.1) is 0 Å². The molecular formula is C13H10ClN3Se. The number of rotatable bonds is 3. The van der Waals surface area contributed by atoms with Crippen molar-refractivity contribution in [2.24, 2.45) is 0 Å². The molecule has 5 heteroatoms. The molecule has 0 saturated carbocycles. The Hall–Kier alpha value is -1.35. The summed E-state index contributed by atoms with van der Waals surface area (Å²) in [6.45, 7) is 0. The quantitative estimate of drug-likeness (QED) is 0.691. The van der Waals surface area contributed by atoms with Crippen LogP contribution in [0, 0.1) is 0 Å². The van der Waals surface area contributed by atoms with Crippen LogP contribution in [0.3, 0.4) is 0 Å². The van der Waals surface area contributed by atoms with Gasteiger partial charge in [-0.1, -0.05) is 0 Å². The summed E-state index contributed by atoms with van der Waals surface area (Å²) in [5.41, 5.74) is 2.92. The van der Waals surface area contributed by atoms with E-state index in [4.69, 9.17) is 11.6 Å². The van der Waals surface area contributed by atoms with Crippen LogP contribution in [0.15, 0.2) is 48.5 Å². The molecule has 3 nitrogen and oxygen atoms in total. The summed E-state index contributed by atoms with van der Waals surface area (Å²) in [6, 6.07) is 16.0. The van der Waals surface area contributed by atoms with Crippen LogP contribution in [0.25, 0.3) is 11.0 Å². The average molecular weight is 323 g/mol. The number of nitrogens with zero attached hydrogens (tertiary/aromatic N) is 3. The van der Waals surface area contributed by atoms with Gasteiger partial charge in [0.2, 0.25) is 0 Å². The maximum atomic E-state index is 5.87. The zero-order valence-corrected chi connectivity index (χ0v) is 11.9. The van der Waals surface area contributed by atoms with E-state index in [1.807, 2.05) is 41.1 Å². The molecule has 0 amide bonds. The fraction of sp³-hybridized carbons (Fsp3) is 0.0769.